The van der Waals surface area contributed by atoms with Crippen LogP contribution in [0, 0.1) is 0 Å². The van der Waals surface area contributed by atoms with Crippen LogP contribution in [0.15, 0.2) is 95.0 Å². The van der Waals surface area contributed by atoms with Crippen molar-refractivity contribution in [2.75, 3.05) is 36.5 Å². The molecular formula is C42H39BrF4N2O. The van der Waals surface area contributed by atoms with Crippen LogP contribution in [0.5, 0.6) is 0 Å². The lowest BCUT2D eigenvalue weighted by molar-refractivity contribution is -0.137. The van der Waals surface area contributed by atoms with Gasteiger partial charge in [-0.05, 0) is 87.7 Å². The third kappa shape index (κ3) is 5.32. The van der Waals surface area contributed by atoms with E-state index in [0.29, 0.717) is 24.3 Å². The molecule has 0 amide bonds. The van der Waals surface area contributed by atoms with E-state index in [2.05, 4.69) is 94.6 Å². The molecule has 0 saturated carbocycles. The third-order valence-corrected chi connectivity index (χ3v) is 11.6. The molecule has 4 aromatic rings. The highest BCUT2D eigenvalue weighted by Crippen LogP contribution is 2.59. The predicted molar refractivity (Wildman–Crippen MR) is 199 cm³/mol. The first kappa shape index (κ1) is 33.3. The van der Waals surface area contributed by atoms with Gasteiger partial charge < -0.3 is 15.0 Å². The second-order valence-electron chi connectivity index (χ2n) is 14.1. The fourth-order valence-electron chi connectivity index (χ4n) is 8.56. The van der Waals surface area contributed by atoms with Gasteiger partial charge in [0.25, 0.3) is 0 Å². The zero-order valence-electron chi connectivity index (χ0n) is 28.1. The van der Waals surface area contributed by atoms with Crippen molar-refractivity contribution in [3.8, 4) is 11.1 Å². The fraction of sp³-hybridized carbons (Fsp3) is 0.333. The standard InChI is InChI=1S/C42H39BrF4N2O/c1-3-4-18-40(2)36-16-10-29(43)25-35(36)37-32-15-9-28(42(45,46)47)24-34(32)39-33(38(37)40)17-19-41(48-39,26-5-11-30(44)12-6-26)27-7-13-31(14-8-27)49-20-22-50-23-21-49/h5-11,13-17,19,24-25,30,48H,3-4,12,18,20-23H2,1-2H3. The highest BCUT2D eigenvalue weighted by Gasteiger charge is 2.46. The van der Waals surface area contributed by atoms with Gasteiger partial charge in [-0.2, -0.15) is 13.2 Å². The smallest absolute Gasteiger partial charge is 0.378 e. The first-order chi connectivity index (χ1) is 24.0. The van der Waals surface area contributed by atoms with Crippen molar-refractivity contribution >= 4 is 44.2 Å². The largest absolute Gasteiger partial charge is 0.416 e. The summed E-state index contributed by atoms with van der Waals surface area (Å²) >= 11 is 3.68. The van der Waals surface area contributed by atoms with E-state index in [1.54, 1.807) is 12.1 Å². The molecule has 2 aliphatic heterocycles. The molecule has 0 bridgehead atoms. The van der Waals surface area contributed by atoms with Crippen LogP contribution in [-0.2, 0) is 21.9 Å². The van der Waals surface area contributed by atoms with Gasteiger partial charge in [-0.3, -0.25) is 0 Å². The van der Waals surface area contributed by atoms with Crippen LogP contribution < -0.4 is 10.2 Å². The average Bonchev–Trinajstić information content (AvgIpc) is 3.38. The molecular weight excluding hydrogens is 704 g/mol. The lowest BCUT2D eigenvalue weighted by Crippen LogP contribution is -2.39. The summed E-state index contributed by atoms with van der Waals surface area (Å²) in [5, 5.41) is 5.15. The molecule has 1 N–H and O–H groups in total. The predicted octanol–water partition coefficient (Wildman–Crippen LogP) is 11.5. The van der Waals surface area contributed by atoms with Crippen molar-refractivity contribution in [3.63, 3.8) is 0 Å². The second kappa shape index (κ2) is 12.4. The van der Waals surface area contributed by atoms with Gasteiger partial charge in [-0.15, -0.1) is 0 Å². The number of halogens is 5. The Morgan fingerprint density at radius 3 is 2.46 bits per heavy atom. The van der Waals surface area contributed by atoms with E-state index >= 15 is 0 Å². The number of nitrogens with zero attached hydrogens (tertiary/aromatic N) is 1. The van der Waals surface area contributed by atoms with E-state index in [-0.39, 0.29) is 11.8 Å². The lowest BCUT2D eigenvalue weighted by Gasteiger charge is -2.41. The fourth-order valence-corrected chi connectivity index (χ4v) is 8.92. The van der Waals surface area contributed by atoms with Gasteiger partial charge in [-0.1, -0.05) is 91.2 Å². The van der Waals surface area contributed by atoms with Crippen molar-refractivity contribution in [1.82, 2.24) is 0 Å². The van der Waals surface area contributed by atoms with Crippen molar-refractivity contribution < 1.29 is 22.3 Å². The van der Waals surface area contributed by atoms with Gasteiger partial charge >= 0.3 is 6.18 Å². The minimum Gasteiger partial charge on any atom is -0.378 e. The van der Waals surface area contributed by atoms with E-state index < -0.39 is 23.5 Å². The molecule has 3 atom stereocenters. The Kier molecular flexibility index (Phi) is 8.26. The molecule has 1 fully saturated rings. The summed E-state index contributed by atoms with van der Waals surface area (Å²) in [6.45, 7) is 7.41. The molecule has 8 rings (SSSR count). The molecule has 0 radical (unpaired) electrons. The first-order valence-electron chi connectivity index (χ1n) is 17.5. The van der Waals surface area contributed by atoms with E-state index in [1.165, 1.54) is 17.7 Å². The molecule has 8 heteroatoms. The number of anilines is 2. The van der Waals surface area contributed by atoms with Crippen molar-refractivity contribution in [1.29, 1.82) is 0 Å². The molecule has 4 aromatic carbocycles. The molecule has 50 heavy (non-hydrogen) atoms. The lowest BCUT2D eigenvalue weighted by atomic mass is 9.71. The summed E-state index contributed by atoms with van der Waals surface area (Å²) in [7, 11) is 0. The van der Waals surface area contributed by atoms with Gasteiger partial charge in [-0.25, -0.2) is 4.39 Å². The molecule has 1 saturated heterocycles. The molecule has 0 spiro atoms. The number of allylic oxidation sites excluding steroid dienone is 2. The second-order valence-corrected chi connectivity index (χ2v) is 15.0. The maximum atomic E-state index is 14.5. The Bertz CT molecular complexity index is 2080. The normalized spacial score (nSPS) is 24.1. The minimum absolute atomic E-state index is 0.226. The van der Waals surface area contributed by atoms with Crippen LogP contribution in [0.4, 0.5) is 28.9 Å². The Morgan fingerprint density at radius 2 is 1.76 bits per heavy atom. The summed E-state index contributed by atoms with van der Waals surface area (Å²) in [4.78, 5) is 2.29. The first-order valence-corrected chi connectivity index (χ1v) is 18.3. The summed E-state index contributed by atoms with van der Waals surface area (Å²) in [5.41, 5.74) is 6.80. The maximum absolute atomic E-state index is 14.5. The molecule has 0 aromatic heterocycles. The van der Waals surface area contributed by atoms with Gasteiger partial charge in [0.2, 0.25) is 0 Å². The number of rotatable bonds is 6. The number of ether oxygens (including phenoxy) is 1. The van der Waals surface area contributed by atoms with Crippen LogP contribution >= 0.6 is 15.9 Å². The number of alkyl halides is 4. The topological polar surface area (TPSA) is 24.5 Å². The van der Waals surface area contributed by atoms with Gasteiger partial charge in [0, 0.05) is 46.0 Å². The highest BCUT2D eigenvalue weighted by molar-refractivity contribution is 9.10. The van der Waals surface area contributed by atoms with Crippen LogP contribution in [-0.4, -0.2) is 32.5 Å². The Hall–Kier alpha value is -3.88. The SMILES string of the molecule is CCCCC1(C)c2ccc(Br)cc2-c2c1c1c(c3cc(C(F)(F)F)ccc23)NC(C2=CCC(F)C=C2)(c2ccc(N3CCOCC3)cc2)C=C1. The van der Waals surface area contributed by atoms with E-state index in [0.717, 1.165) is 81.3 Å². The van der Waals surface area contributed by atoms with E-state index in [9.17, 15) is 17.6 Å². The van der Waals surface area contributed by atoms with Gasteiger partial charge in [0.15, 0.2) is 0 Å². The summed E-state index contributed by atoms with van der Waals surface area (Å²) in [6, 6.07) is 18.9. The molecule has 2 heterocycles. The monoisotopic (exact) mass is 742 g/mol. The van der Waals surface area contributed by atoms with E-state index in [1.807, 2.05) is 12.2 Å². The quantitative estimate of drug-likeness (QED) is 0.199. The molecule has 3 unspecified atom stereocenters. The zero-order chi connectivity index (χ0) is 34.8. The zero-order valence-corrected chi connectivity index (χ0v) is 29.7. The summed E-state index contributed by atoms with van der Waals surface area (Å²) in [5.74, 6) is 0. The number of hydrogen-bond acceptors (Lipinski definition) is 3. The number of fused-ring (bicyclic) bond motifs is 8. The summed E-state index contributed by atoms with van der Waals surface area (Å²) < 4.78 is 64.2. The number of hydrogen-bond donors (Lipinski definition) is 1. The Morgan fingerprint density at radius 1 is 0.980 bits per heavy atom. The number of nitrogens with one attached hydrogen (secondary N) is 1. The van der Waals surface area contributed by atoms with Crippen LogP contribution in [0.25, 0.3) is 28.0 Å². The van der Waals surface area contributed by atoms with Crippen LogP contribution in [0.3, 0.4) is 0 Å². The molecule has 2 aliphatic carbocycles. The minimum atomic E-state index is -4.52. The average molecular weight is 744 g/mol. The van der Waals surface area contributed by atoms with Crippen LogP contribution in [0.1, 0.15) is 67.3 Å². The molecule has 3 nitrogen and oxygen atoms in total. The van der Waals surface area contributed by atoms with Gasteiger partial charge in [0.05, 0.1) is 24.5 Å². The van der Waals surface area contributed by atoms with Crippen molar-refractivity contribution in [3.05, 3.63) is 123 Å². The highest BCUT2D eigenvalue weighted by atomic mass is 79.9. The Labute approximate surface area is 298 Å². The van der Waals surface area contributed by atoms with Crippen molar-refractivity contribution in [2.24, 2.45) is 0 Å². The third-order valence-electron chi connectivity index (χ3n) is 11.1. The molecule has 4 aliphatic rings. The summed E-state index contributed by atoms with van der Waals surface area (Å²) in [6.07, 6.45) is 7.10. The van der Waals surface area contributed by atoms with Gasteiger partial charge in [0.1, 0.15) is 11.7 Å². The maximum Gasteiger partial charge on any atom is 0.416 e. The number of benzene rings is 4. The van der Waals surface area contributed by atoms with Crippen LogP contribution in [0.2, 0.25) is 0 Å². The number of unbranched alkanes of at least 4 members (excludes halogenated alkanes) is 1. The van der Waals surface area contributed by atoms with E-state index in [4.69, 9.17) is 4.74 Å². The Balaban J connectivity index is 1.39. The van der Waals surface area contributed by atoms with Crippen molar-refractivity contribution in [2.45, 2.75) is 62.8 Å². The number of morpholine rings is 1. The molecule has 258 valence electrons.